The maximum Gasteiger partial charge on any atom is 0.282 e. The number of nitrogens with zero attached hydrogens (tertiary/aromatic N) is 2. The van der Waals surface area contributed by atoms with E-state index < -0.39 is 5.41 Å². The highest BCUT2D eigenvalue weighted by Crippen LogP contribution is 2.38. The highest BCUT2D eigenvalue weighted by atomic mass is 16.5. The van der Waals surface area contributed by atoms with Crippen molar-refractivity contribution in [2.75, 3.05) is 6.61 Å². The largest absolute Gasteiger partial charge is 0.463 e. The molecule has 6 nitrogen and oxygen atoms in total. The molecule has 0 aromatic heterocycles. The van der Waals surface area contributed by atoms with Crippen LogP contribution in [0.1, 0.15) is 44.7 Å². The van der Waals surface area contributed by atoms with Crippen LogP contribution in [0, 0.1) is 5.41 Å². The minimum Gasteiger partial charge on any atom is -0.463 e. The van der Waals surface area contributed by atoms with Crippen molar-refractivity contribution >= 4 is 17.6 Å². The Morgan fingerprint density at radius 3 is 2.70 bits per heavy atom. The van der Waals surface area contributed by atoms with Gasteiger partial charge < -0.3 is 16.2 Å². The molecule has 3 rings (SSSR count). The highest BCUT2D eigenvalue weighted by molar-refractivity contribution is 6.00. The van der Waals surface area contributed by atoms with E-state index in [0.29, 0.717) is 13.0 Å². The normalized spacial score (nSPS) is 24.9. The van der Waals surface area contributed by atoms with Crippen molar-refractivity contribution in [2.24, 2.45) is 26.9 Å². The van der Waals surface area contributed by atoms with Gasteiger partial charge in [0.15, 0.2) is 0 Å². The number of rotatable bonds is 5. The minimum atomic E-state index is -0.880. The van der Waals surface area contributed by atoms with Crippen molar-refractivity contribution in [3.05, 3.63) is 47.7 Å². The van der Waals surface area contributed by atoms with Gasteiger partial charge in [-0.15, -0.1) is 0 Å². The number of aryl methyl sites for hydroxylation is 1. The van der Waals surface area contributed by atoms with E-state index in [4.69, 9.17) is 16.2 Å². The summed E-state index contributed by atoms with van der Waals surface area (Å²) in [5, 5.41) is 0. The predicted molar refractivity (Wildman–Crippen MR) is 108 cm³/mol. The molecule has 27 heavy (non-hydrogen) atoms. The van der Waals surface area contributed by atoms with E-state index in [-0.39, 0.29) is 23.4 Å². The molecule has 1 aromatic carbocycles. The van der Waals surface area contributed by atoms with Crippen LogP contribution >= 0.6 is 0 Å². The van der Waals surface area contributed by atoms with Crippen LogP contribution in [0.25, 0.3) is 0 Å². The topological polar surface area (TPSA) is 103 Å². The van der Waals surface area contributed by atoms with E-state index in [0.717, 1.165) is 29.7 Å². The van der Waals surface area contributed by atoms with Crippen LogP contribution in [-0.4, -0.2) is 30.3 Å². The molecule has 2 unspecified atom stereocenters. The molecule has 2 aliphatic heterocycles. The smallest absolute Gasteiger partial charge is 0.282 e. The lowest BCUT2D eigenvalue weighted by molar-refractivity contribution is -0.121. The number of carbonyl (C=O) groups excluding carboxylic acids is 1. The molecule has 2 heterocycles. The Kier molecular flexibility index (Phi) is 5.09. The van der Waals surface area contributed by atoms with Crippen molar-refractivity contribution in [1.29, 1.82) is 0 Å². The first-order valence-corrected chi connectivity index (χ1v) is 9.31. The molecule has 0 radical (unpaired) electrons. The zero-order chi connectivity index (χ0) is 19.7. The molecule has 0 saturated carbocycles. The molecule has 1 amide bonds. The third-order valence-electron chi connectivity index (χ3n) is 5.32. The zero-order valence-corrected chi connectivity index (χ0v) is 16.2. The van der Waals surface area contributed by atoms with Crippen LogP contribution in [0.5, 0.6) is 0 Å². The summed E-state index contributed by atoms with van der Waals surface area (Å²) in [6, 6.07) is 8.30. The van der Waals surface area contributed by atoms with E-state index in [1.807, 2.05) is 24.3 Å². The maximum absolute atomic E-state index is 12.7. The van der Waals surface area contributed by atoms with Crippen LogP contribution in [0.15, 0.2) is 46.5 Å². The lowest BCUT2D eigenvalue weighted by Gasteiger charge is -2.36. The molecule has 0 fully saturated rings. The Morgan fingerprint density at radius 2 is 2.07 bits per heavy atom. The second kappa shape index (κ2) is 7.18. The molecule has 0 saturated heterocycles. The van der Waals surface area contributed by atoms with E-state index in [1.165, 1.54) is 0 Å². The van der Waals surface area contributed by atoms with Gasteiger partial charge in [-0.3, -0.25) is 9.79 Å². The fourth-order valence-electron chi connectivity index (χ4n) is 3.65. The molecule has 4 N–H and O–H groups in total. The van der Waals surface area contributed by atoms with E-state index in [2.05, 4.69) is 36.8 Å². The third kappa shape index (κ3) is 3.89. The lowest BCUT2D eigenvalue weighted by atomic mass is 9.68. The lowest BCUT2D eigenvalue weighted by Crippen LogP contribution is -2.45. The Bertz CT molecular complexity index is 820. The van der Waals surface area contributed by atoms with E-state index >= 15 is 0 Å². The standard InChI is InChI=1S/C21H28N4O2/c1-20(2,3)17-12-21(18(22)26,10-11-24-17)16-7-5-4-6-14(16)8-9-15-13-27-19(23)25-15/h4-7,10-11,15H,8-9,12-13H2,1-3H3,(H2,22,26)(H2,23,25). The quantitative estimate of drug-likeness (QED) is 0.834. The molecular weight excluding hydrogens is 340 g/mol. The monoisotopic (exact) mass is 368 g/mol. The SMILES string of the molecule is CC(C)(C)C1=NC=CC(C(N)=O)(c2ccccc2CCC2COC(N)=N2)C1. The van der Waals surface area contributed by atoms with Gasteiger partial charge in [-0.1, -0.05) is 45.0 Å². The molecule has 2 atom stereocenters. The summed E-state index contributed by atoms with van der Waals surface area (Å²) in [6.07, 6.45) is 5.64. The van der Waals surface area contributed by atoms with Crippen LogP contribution < -0.4 is 11.5 Å². The number of hydrogen-bond acceptors (Lipinski definition) is 5. The van der Waals surface area contributed by atoms with Gasteiger partial charge >= 0.3 is 0 Å². The first-order valence-electron chi connectivity index (χ1n) is 9.31. The summed E-state index contributed by atoms with van der Waals surface area (Å²) >= 11 is 0. The number of primary amides is 1. The Balaban J connectivity index is 1.92. The van der Waals surface area contributed by atoms with Crippen molar-refractivity contribution in [1.82, 2.24) is 0 Å². The minimum absolute atomic E-state index is 0.0520. The molecule has 0 bridgehead atoms. The summed E-state index contributed by atoms with van der Waals surface area (Å²) in [7, 11) is 0. The first kappa shape index (κ1) is 19.1. The van der Waals surface area contributed by atoms with Crippen LogP contribution in [0.3, 0.4) is 0 Å². The van der Waals surface area contributed by atoms with E-state index in [9.17, 15) is 4.79 Å². The van der Waals surface area contributed by atoms with Gasteiger partial charge in [-0.05, 0) is 30.0 Å². The summed E-state index contributed by atoms with van der Waals surface area (Å²) in [4.78, 5) is 21.5. The second-order valence-electron chi connectivity index (χ2n) is 8.28. The van der Waals surface area contributed by atoms with Gasteiger partial charge in [-0.25, -0.2) is 4.99 Å². The van der Waals surface area contributed by atoms with Gasteiger partial charge in [-0.2, -0.15) is 0 Å². The molecule has 2 aliphatic rings. The number of hydrogen-bond donors (Lipinski definition) is 2. The van der Waals surface area contributed by atoms with Crippen molar-refractivity contribution < 1.29 is 9.53 Å². The Morgan fingerprint density at radius 1 is 1.33 bits per heavy atom. The number of benzene rings is 1. The van der Waals surface area contributed by atoms with Gasteiger partial charge in [0.2, 0.25) is 5.91 Å². The maximum atomic E-state index is 12.7. The average molecular weight is 368 g/mol. The number of aliphatic imine (C=N–C) groups is 2. The Hall–Kier alpha value is -2.63. The second-order valence-corrected chi connectivity index (χ2v) is 8.28. The molecule has 0 aliphatic carbocycles. The number of amides is 1. The number of nitrogens with two attached hydrogens (primary N) is 2. The molecule has 0 spiro atoms. The van der Waals surface area contributed by atoms with Gasteiger partial charge in [0.25, 0.3) is 6.02 Å². The van der Waals surface area contributed by atoms with Crippen LogP contribution in [0.4, 0.5) is 0 Å². The molecular formula is C21H28N4O2. The highest BCUT2D eigenvalue weighted by Gasteiger charge is 2.42. The number of ether oxygens (including phenoxy) is 1. The average Bonchev–Trinajstić information content (AvgIpc) is 3.04. The fraction of sp³-hybridized carbons (Fsp3) is 0.476. The molecule has 144 valence electrons. The summed E-state index contributed by atoms with van der Waals surface area (Å²) < 4.78 is 5.24. The molecule has 1 aromatic rings. The Labute approximate surface area is 160 Å². The van der Waals surface area contributed by atoms with Gasteiger partial charge in [0, 0.05) is 23.7 Å². The van der Waals surface area contributed by atoms with Crippen LogP contribution in [-0.2, 0) is 21.4 Å². The van der Waals surface area contributed by atoms with Crippen molar-refractivity contribution in [3.8, 4) is 0 Å². The molecule has 6 heteroatoms. The van der Waals surface area contributed by atoms with Crippen molar-refractivity contribution in [2.45, 2.75) is 51.5 Å². The van der Waals surface area contributed by atoms with Crippen molar-refractivity contribution in [3.63, 3.8) is 0 Å². The number of carbonyl (C=O) groups is 1. The number of amidine groups is 1. The summed E-state index contributed by atoms with van der Waals surface area (Å²) in [5.74, 6) is -0.352. The van der Waals surface area contributed by atoms with Gasteiger partial charge in [0.1, 0.15) is 6.61 Å². The van der Waals surface area contributed by atoms with Gasteiger partial charge in [0.05, 0.1) is 11.5 Å². The summed E-state index contributed by atoms with van der Waals surface area (Å²) in [6.45, 7) is 6.82. The summed E-state index contributed by atoms with van der Waals surface area (Å²) in [5.41, 5.74) is 13.5. The third-order valence-corrected chi connectivity index (χ3v) is 5.32. The predicted octanol–water partition coefficient (Wildman–Crippen LogP) is 2.46. The van der Waals surface area contributed by atoms with Crippen LogP contribution in [0.2, 0.25) is 0 Å². The first-order chi connectivity index (χ1) is 12.7. The zero-order valence-electron chi connectivity index (χ0n) is 16.2. The fourth-order valence-corrected chi connectivity index (χ4v) is 3.65. The van der Waals surface area contributed by atoms with E-state index in [1.54, 1.807) is 6.20 Å².